The molecule has 1 aliphatic heterocycles. The van der Waals surface area contributed by atoms with Gasteiger partial charge in [-0.25, -0.2) is 4.98 Å². The number of hydrogen-bond acceptors (Lipinski definition) is 4. The van der Waals surface area contributed by atoms with Gasteiger partial charge in [-0.15, -0.1) is 11.3 Å². The van der Waals surface area contributed by atoms with E-state index in [2.05, 4.69) is 36.0 Å². The molecular weight excluding hydrogens is 242 g/mol. The van der Waals surface area contributed by atoms with Crippen LogP contribution in [0.3, 0.4) is 0 Å². The molecule has 0 amide bonds. The van der Waals surface area contributed by atoms with Gasteiger partial charge in [-0.1, -0.05) is 20.8 Å². The Hall–Kier alpha value is -0.610. The summed E-state index contributed by atoms with van der Waals surface area (Å²) in [5, 5.41) is 4.57. The van der Waals surface area contributed by atoms with Gasteiger partial charge in [-0.2, -0.15) is 0 Å². The van der Waals surface area contributed by atoms with Crippen LogP contribution in [0.5, 0.6) is 0 Å². The van der Waals surface area contributed by atoms with Crippen LogP contribution in [-0.2, 0) is 6.54 Å². The molecule has 1 aliphatic rings. The summed E-state index contributed by atoms with van der Waals surface area (Å²) in [5.74, 6) is 0. The first kappa shape index (κ1) is 13.8. The summed E-state index contributed by atoms with van der Waals surface area (Å²) in [4.78, 5) is 8.40. The molecule has 18 heavy (non-hydrogen) atoms. The lowest BCUT2D eigenvalue weighted by Gasteiger charge is -2.22. The highest BCUT2D eigenvalue weighted by atomic mass is 32.1. The fourth-order valence-electron chi connectivity index (χ4n) is 2.39. The molecule has 1 aromatic rings. The SMILES string of the molecule is CCNCc1cnc(N2CCCC(C)(C)CC2)s1. The minimum atomic E-state index is 0.499. The Labute approximate surface area is 115 Å². The van der Waals surface area contributed by atoms with Gasteiger partial charge in [-0.05, 0) is 31.2 Å². The molecule has 2 heterocycles. The molecule has 0 bridgehead atoms. The van der Waals surface area contributed by atoms with Crippen molar-refractivity contribution in [3.8, 4) is 0 Å². The zero-order valence-corrected chi connectivity index (χ0v) is 12.6. The summed E-state index contributed by atoms with van der Waals surface area (Å²) < 4.78 is 0. The number of aromatic nitrogens is 1. The summed E-state index contributed by atoms with van der Waals surface area (Å²) in [5.41, 5.74) is 0.499. The number of rotatable bonds is 4. The first-order valence-electron chi connectivity index (χ1n) is 7.01. The van der Waals surface area contributed by atoms with Gasteiger partial charge >= 0.3 is 0 Å². The number of thiazole rings is 1. The van der Waals surface area contributed by atoms with E-state index >= 15 is 0 Å². The summed E-state index contributed by atoms with van der Waals surface area (Å²) in [6, 6.07) is 0. The van der Waals surface area contributed by atoms with E-state index in [9.17, 15) is 0 Å². The van der Waals surface area contributed by atoms with Crippen molar-refractivity contribution in [2.75, 3.05) is 24.5 Å². The molecule has 0 unspecified atom stereocenters. The molecule has 3 nitrogen and oxygen atoms in total. The van der Waals surface area contributed by atoms with Crippen molar-refractivity contribution in [2.45, 2.75) is 46.6 Å². The van der Waals surface area contributed by atoms with E-state index in [0.717, 1.165) is 26.2 Å². The normalized spacial score (nSPS) is 19.8. The van der Waals surface area contributed by atoms with Crippen molar-refractivity contribution in [1.29, 1.82) is 0 Å². The molecule has 0 saturated carbocycles. The number of nitrogens with zero attached hydrogens (tertiary/aromatic N) is 2. The topological polar surface area (TPSA) is 28.2 Å². The van der Waals surface area contributed by atoms with Crippen molar-refractivity contribution in [1.82, 2.24) is 10.3 Å². The lowest BCUT2D eigenvalue weighted by atomic mass is 9.85. The predicted octanol–water partition coefficient (Wildman–Crippen LogP) is 3.27. The fourth-order valence-corrected chi connectivity index (χ4v) is 3.32. The molecule has 2 rings (SSSR count). The third-order valence-corrected chi connectivity index (χ3v) is 4.76. The van der Waals surface area contributed by atoms with Crippen LogP contribution in [0.2, 0.25) is 0 Å². The summed E-state index contributed by atoms with van der Waals surface area (Å²) in [6.45, 7) is 11.2. The van der Waals surface area contributed by atoms with Gasteiger partial charge in [0, 0.05) is 30.7 Å². The molecule has 1 aromatic heterocycles. The van der Waals surface area contributed by atoms with Crippen molar-refractivity contribution >= 4 is 16.5 Å². The molecule has 4 heteroatoms. The van der Waals surface area contributed by atoms with Crippen LogP contribution in [0.1, 0.15) is 44.9 Å². The van der Waals surface area contributed by atoms with Gasteiger partial charge in [-0.3, -0.25) is 0 Å². The maximum Gasteiger partial charge on any atom is 0.185 e. The molecule has 1 fully saturated rings. The second-order valence-corrected chi connectivity index (χ2v) is 6.99. The molecule has 0 spiro atoms. The molecule has 1 saturated heterocycles. The number of anilines is 1. The molecule has 0 atom stereocenters. The van der Waals surface area contributed by atoms with Crippen LogP contribution in [0.4, 0.5) is 5.13 Å². The zero-order chi connectivity index (χ0) is 13.0. The lowest BCUT2D eigenvalue weighted by Crippen LogP contribution is -2.24. The van der Waals surface area contributed by atoms with Crippen LogP contribution >= 0.6 is 11.3 Å². The number of nitrogens with one attached hydrogen (secondary N) is 1. The highest BCUT2D eigenvalue weighted by molar-refractivity contribution is 7.15. The molecule has 0 aliphatic carbocycles. The first-order valence-corrected chi connectivity index (χ1v) is 7.83. The van der Waals surface area contributed by atoms with Crippen LogP contribution in [0, 0.1) is 5.41 Å². The van der Waals surface area contributed by atoms with E-state index in [1.54, 1.807) is 0 Å². The Morgan fingerprint density at radius 1 is 1.39 bits per heavy atom. The van der Waals surface area contributed by atoms with E-state index < -0.39 is 0 Å². The van der Waals surface area contributed by atoms with Crippen LogP contribution in [0.25, 0.3) is 0 Å². The summed E-state index contributed by atoms with van der Waals surface area (Å²) in [6.07, 6.45) is 5.92. The third-order valence-electron chi connectivity index (χ3n) is 3.70. The van der Waals surface area contributed by atoms with E-state index in [1.165, 1.54) is 29.3 Å². The minimum absolute atomic E-state index is 0.499. The van der Waals surface area contributed by atoms with Crippen LogP contribution < -0.4 is 10.2 Å². The smallest absolute Gasteiger partial charge is 0.185 e. The molecule has 1 N–H and O–H groups in total. The van der Waals surface area contributed by atoms with Crippen LogP contribution in [-0.4, -0.2) is 24.6 Å². The summed E-state index contributed by atoms with van der Waals surface area (Å²) >= 11 is 1.84. The van der Waals surface area contributed by atoms with E-state index in [-0.39, 0.29) is 0 Å². The van der Waals surface area contributed by atoms with Crippen LogP contribution in [0.15, 0.2) is 6.20 Å². The van der Waals surface area contributed by atoms with Gasteiger partial charge in [0.05, 0.1) is 0 Å². The third kappa shape index (κ3) is 3.69. The van der Waals surface area contributed by atoms with Crippen molar-refractivity contribution in [3.63, 3.8) is 0 Å². The van der Waals surface area contributed by atoms with E-state index in [1.807, 2.05) is 17.5 Å². The molecule has 0 radical (unpaired) electrons. The highest BCUT2D eigenvalue weighted by Crippen LogP contribution is 2.32. The average Bonchev–Trinajstić information content (AvgIpc) is 2.72. The van der Waals surface area contributed by atoms with E-state index in [4.69, 9.17) is 0 Å². The van der Waals surface area contributed by atoms with Gasteiger partial charge in [0.15, 0.2) is 5.13 Å². The van der Waals surface area contributed by atoms with Gasteiger partial charge in [0.2, 0.25) is 0 Å². The monoisotopic (exact) mass is 267 g/mol. The maximum absolute atomic E-state index is 4.59. The quantitative estimate of drug-likeness (QED) is 0.907. The Balaban J connectivity index is 1.96. The number of hydrogen-bond donors (Lipinski definition) is 1. The Morgan fingerprint density at radius 2 is 2.22 bits per heavy atom. The standard InChI is InChI=1S/C14H25N3S/c1-4-15-10-12-11-16-13(18-12)17-8-5-6-14(2,3)7-9-17/h11,15H,4-10H2,1-3H3. The minimum Gasteiger partial charge on any atom is -0.348 e. The maximum atomic E-state index is 4.59. The zero-order valence-electron chi connectivity index (χ0n) is 11.8. The first-order chi connectivity index (χ1) is 8.61. The van der Waals surface area contributed by atoms with Gasteiger partial charge in [0.1, 0.15) is 0 Å². The second kappa shape index (κ2) is 6.02. The van der Waals surface area contributed by atoms with Crippen molar-refractivity contribution in [3.05, 3.63) is 11.1 Å². The molecule has 102 valence electrons. The molecular formula is C14H25N3S. The second-order valence-electron chi connectivity index (χ2n) is 5.89. The Morgan fingerprint density at radius 3 is 3.00 bits per heavy atom. The summed E-state index contributed by atoms with van der Waals surface area (Å²) in [7, 11) is 0. The fraction of sp³-hybridized carbons (Fsp3) is 0.786. The highest BCUT2D eigenvalue weighted by Gasteiger charge is 2.24. The van der Waals surface area contributed by atoms with Gasteiger partial charge in [0.25, 0.3) is 0 Å². The average molecular weight is 267 g/mol. The van der Waals surface area contributed by atoms with Gasteiger partial charge < -0.3 is 10.2 Å². The Bertz CT molecular complexity index is 373. The lowest BCUT2D eigenvalue weighted by molar-refractivity contribution is 0.325. The predicted molar refractivity (Wildman–Crippen MR) is 79.3 cm³/mol. The largest absolute Gasteiger partial charge is 0.348 e. The molecule has 0 aromatic carbocycles. The van der Waals surface area contributed by atoms with Crippen molar-refractivity contribution in [2.24, 2.45) is 5.41 Å². The Kier molecular flexibility index (Phi) is 4.62. The van der Waals surface area contributed by atoms with Crippen molar-refractivity contribution < 1.29 is 0 Å². The van der Waals surface area contributed by atoms with E-state index in [0.29, 0.717) is 5.41 Å².